The molecule has 3 fully saturated rings. The van der Waals surface area contributed by atoms with Crippen LogP contribution in [0.5, 0.6) is 0 Å². The molecule has 3 saturated carbocycles. The molecule has 0 aromatic carbocycles. The number of aliphatic hydroxyl groups excluding tert-OH is 1. The van der Waals surface area contributed by atoms with Crippen molar-refractivity contribution in [3.8, 4) is 0 Å². The Hall–Kier alpha value is -0.600. The van der Waals surface area contributed by atoms with E-state index in [0.717, 1.165) is 30.3 Å². The summed E-state index contributed by atoms with van der Waals surface area (Å²) in [5, 5.41) is 9.82. The minimum atomic E-state index is -0.652. The second kappa shape index (κ2) is 2.86. The molecule has 0 aromatic heterocycles. The maximum absolute atomic E-state index is 9.82. The highest BCUT2D eigenvalue weighted by Crippen LogP contribution is 2.72. The SMILES string of the molecule is C=C1[C@H]2C[C@H]2[C@]2(C)C[C@@H]3OC(O)C(C)=C3C[C@@H]12. The first kappa shape index (κ1) is 10.3. The van der Waals surface area contributed by atoms with Crippen LogP contribution in [0.15, 0.2) is 23.3 Å². The Morgan fingerprint density at radius 1 is 1.47 bits per heavy atom. The lowest BCUT2D eigenvalue weighted by Gasteiger charge is -2.42. The lowest BCUT2D eigenvalue weighted by Crippen LogP contribution is -2.37. The topological polar surface area (TPSA) is 29.5 Å². The van der Waals surface area contributed by atoms with Gasteiger partial charge in [0.25, 0.3) is 0 Å². The minimum absolute atomic E-state index is 0.179. The number of aliphatic hydroxyl groups is 1. The normalized spacial score (nSPS) is 55.7. The van der Waals surface area contributed by atoms with Crippen LogP contribution in [0.1, 0.15) is 33.1 Å². The summed E-state index contributed by atoms with van der Waals surface area (Å²) in [5.41, 5.74) is 4.30. The molecular weight excluding hydrogens is 212 g/mol. The summed E-state index contributed by atoms with van der Waals surface area (Å²) in [6.45, 7) is 8.77. The minimum Gasteiger partial charge on any atom is -0.364 e. The van der Waals surface area contributed by atoms with Crippen LogP contribution in [-0.4, -0.2) is 17.5 Å². The van der Waals surface area contributed by atoms with Gasteiger partial charge in [0.1, 0.15) is 0 Å². The summed E-state index contributed by atoms with van der Waals surface area (Å²) in [6, 6.07) is 0. The second-order valence-corrected chi connectivity index (χ2v) is 6.68. The highest BCUT2D eigenvalue weighted by Gasteiger charge is 2.65. The van der Waals surface area contributed by atoms with Crippen LogP contribution in [0.3, 0.4) is 0 Å². The quantitative estimate of drug-likeness (QED) is 0.651. The van der Waals surface area contributed by atoms with E-state index in [9.17, 15) is 5.11 Å². The smallest absolute Gasteiger partial charge is 0.177 e. The van der Waals surface area contributed by atoms with Crippen molar-refractivity contribution in [2.75, 3.05) is 0 Å². The van der Waals surface area contributed by atoms with E-state index in [1.165, 1.54) is 17.6 Å². The van der Waals surface area contributed by atoms with Crippen molar-refractivity contribution in [2.24, 2.45) is 23.2 Å². The van der Waals surface area contributed by atoms with Crippen LogP contribution >= 0.6 is 0 Å². The second-order valence-electron chi connectivity index (χ2n) is 6.68. The van der Waals surface area contributed by atoms with Gasteiger partial charge in [-0.15, -0.1) is 0 Å². The average molecular weight is 232 g/mol. The third kappa shape index (κ3) is 1.09. The highest BCUT2D eigenvalue weighted by atomic mass is 16.6. The molecule has 6 atom stereocenters. The molecular formula is C15H20O2. The van der Waals surface area contributed by atoms with Gasteiger partial charge >= 0.3 is 0 Å². The summed E-state index contributed by atoms with van der Waals surface area (Å²) in [4.78, 5) is 0. The maximum atomic E-state index is 9.82. The van der Waals surface area contributed by atoms with Gasteiger partial charge in [0.15, 0.2) is 6.29 Å². The molecule has 0 amide bonds. The molecule has 0 aromatic rings. The molecule has 2 nitrogen and oxygen atoms in total. The number of hydrogen-bond donors (Lipinski definition) is 1. The standard InChI is InChI=1S/C15H20O2/c1-7-9-4-12(9)15(3)6-13-10(5-11(7)15)8(2)14(16)17-13/h9,11-14,16H,1,4-6H2,2-3H3/t9-,11+,12-,13+,14?,15-/m1/s1. The number of fused-ring (bicyclic) bond motifs is 4. The molecule has 0 saturated heterocycles. The Morgan fingerprint density at radius 2 is 2.24 bits per heavy atom. The Balaban J connectivity index is 1.74. The summed E-state index contributed by atoms with van der Waals surface area (Å²) in [6.07, 6.45) is 3.04. The fourth-order valence-corrected chi connectivity index (χ4v) is 4.77. The summed E-state index contributed by atoms with van der Waals surface area (Å²) >= 11 is 0. The van der Waals surface area contributed by atoms with Crippen molar-refractivity contribution in [2.45, 2.75) is 45.5 Å². The van der Waals surface area contributed by atoms with E-state index >= 15 is 0 Å². The van der Waals surface area contributed by atoms with Crippen molar-refractivity contribution in [3.63, 3.8) is 0 Å². The van der Waals surface area contributed by atoms with Gasteiger partial charge in [-0.05, 0) is 60.5 Å². The Labute approximate surface area is 102 Å². The van der Waals surface area contributed by atoms with Gasteiger partial charge in [0, 0.05) is 0 Å². The van der Waals surface area contributed by atoms with Crippen LogP contribution in [0.25, 0.3) is 0 Å². The molecule has 17 heavy (non-hydrogen) atoms. The van der Waals surface area contributed by atoms with E-state index in [2.05, 4.69) is 13.5 Å². The number of hydrogen-bond acceptors (Lipinski definition) is 2. The number of ether oxygens (including phenoxy) is 1. The molecule has 3 aliphatic carbocycles. The highest BCUT2D eigenvalue weighted by molar-refractivity contribution is 5.37. The first-order valence-corrected chi connectivity index (χ1v) is 6.74. The van der Waals surface area contributed by atoms with Gasteiger partial charge in [-0.2, -0.15) is 0 Å². The molecule has 1 unspecified atom stereocenters. The monoisotopic (exact) mass is 232 g/mol. The summed E-state index contributed by atoms with van der Waals surface area (Å²) in [7, 11) is 0. The van der Waals surface area contributed by atoms with E-state index in [-0.39, 0.29) is 6.10 Å². The number of rotatable bonds is 0. The average Bonchev–Trinajstić information content (AvgIpc) is 2.99. The molecule has 4 aliphatic rings. The van der Waals surface area contributed by atoms with Gasteiger partial charge < -0.3 is 9.84 Å². The van der Waals surface area contributed by atoms with Gasteiger partial charge in [-0.3, -0.25) is 0 Å². The first-order valence-electron chi connectivity index (χ1n) is 6.74. The van der Waals surface area contributed by atoms with Crippen LogP contribution in [0.2, 0.25) is 0 Å². The van der Waals surface area contributed by atoms with Gasteiger partial charge in [0.2, 0.25) is 0 Å². The zero-order valence-electron chi connectivity index (χ0n) is 10.6. The molecule has 4 rings (SSSR count). The van der Waals surface area contributed by atoms with Crippen molar-refractivity contribution in [3.05, 3.63) is 23.3 Å². The zero-order chi connectivity index (χ0) is 11.9. The van der Waals surface area contributed by atoms with E-state index in [4.69, 9.17) is 4.74 Å². The van der Waals surface area contributed by atoms with E-state index in [1.54, 1.807) is 0 Å². The van der Waals surface area contributed by atoms with Crippen molar-refractivity contribution >= 4 is 0 Å². The number of allylic oxidation sites excluding steroid dienone is 1. The van der Waals surface area contributed by atoms with Crippen LogP contribution in [0.4, 0.5) is 0 Å². The summed E-state index contributed by atoms with van der Waals surface area (Å²) in [5.74, 6) is 2.29. The molecule has 1 heterocycles. The Morgan fingerprint density at radius 3 is 3.00 bits per heavy atom. The van der Waals surface area contributed by atoms with Crippen molar-refractivity contribution in [1.82, 2.24) is 0 Å². The fraction of sp³-hybridized carbons (Fsp3) is 0.733. The molecule has 0 radical (unpaired) electrons. The molecule has 1 N–H and O–H groups in total. The van der Waals surface area contributed by atoms with E-state index in [0.29, 0.717) is 11.3 Å². The van der Waals surface area contributed by atoms with E-state index in [1.807, 2.05) is 6.92 Å². The van der Waals surface area contributed by atoms with Crippen LogP contribution in [0, 0.1) is 23.2 Å². The lowest BCUT2D eigenvalue weighted by atomic mass is 9.63. The summed E-state index contributed by atoms with van der Waals surface area (Å²) < 4.78 is 5.70. The Kier molecular flexibility index (Phi) is 1.74. The van der Waals surface area contributed by atoms with Crippen molar-refractivity contribution in [1.29, 1.82) is 0 Å². The fourth-order valence-electron chi connectivity index (χ4n) is 4.77. The third-order valence-electron chi connectivity index (χ3n) is 5.97. The molecule has 0 bridgehead atoms. The van der Waals surface area contributed by atoms with Crippen molar-refractivity contribution < 1.29 is 9.84 Å². The third-order valence-corrected chi connectivity index (χ3v) is 5.97. The Bertz CT molecular complexity index is 450. The molecule has 1 aliphatic heterocycles. The lowest BCUT2D eigenvalue weighted by molar-refractivity contribution is -0.0999. The van der Waals surface area contributed by atoms with Crippen LogP contribution < -0.4 is 0 Å². The maximum Gasteiger partial charge on any atom is 0.177 e. The van der Waals surface area contributed by atoms with Gasteiger partial charge in [-0.25, -0.2) is 0 Å². The molecule has 92 valence electrons. The predicted molar refractivity (Wildman–Crippen MR) is 65.1 cm³/mol. The predicted octanol–water partition coefficient (Wildman–Crippen LogP) is 2.64. The first-order chi connectivity index (χ1) is 8.02. The zero-order valence-corrected chi connectivity index (χ0v) is 10.6. The van der Waals surface area contributed by atoms with Gasteiger partial charge in [0.05, 0.1) is 6.10 Å². The van der Waals surface area contributed by atoms with Crippen LogP contribution in [-0.2, 0) is 4.74 Å². The van der Waals surface area contributed by atoms with Gasteiger partial charge in [-0.1, -0.05) is 19.1 Å². The largest absolute Gasteiger partial charge is 0.364 e. The molecule has 0 spiro atoms. The van der Waals surface area contributed by atoms with E-state index < -0.39 is 6.29 Å². The molecule has 2 heteroatoms.